The molecule has 0 radical (unpaired) electrons. The van der Waals surface area contributed by atoms with E-state index in [1.807, 2.05) is 0 Å². The van der Waals surface area contributed by atoms with Gasteiger partial charge in [-0.2, -0.15) is 0 Å². The van der Waals surface area contributed by atoms with Gasteiger partial charge in [-0.05, 0) is 28.7 Å². The van der Waals surface area contributed by atoms with Crippen LogP contribution in [-0.2, 0) is 0 Å². The van der Waals surface area contributed by atoms with E-state index in [-0.39, 0.29) is 15.1 Å². The highest BCUT2D eigenvalue weighted by atomic mass is 127. The molecule has 14 heavy (non-hydrogen) atoms. The number of nitrogens with zero attached hydrogens (tertiary/aromatic N) is 1. The molecule has 4 nitrogen and oxygen atoms in total. The number of rotatable bonds is 2. The van der Waals surface area contributed by atoms with Crippen molar-refractivity contribution in [3.8, 4) is 0 Å². The maximum Gasteiger partial charge on any atom is 0.267 e. The Bertz CT molecular complexity index is 383. The minimum Gasteiger partial charge on any atom is -0.396 e. The first-order valence-corrected chi connectivity index (χ1v) is 4.55. The summed E-state index contributed by atoms with van der Waals surface area (Å²) in [5, 5.41) is 0. The lowest BCUT2D eigenvalue weighted by molar-refractivity contribution is 0.0995. The van der Waals surface area contributed by atoms with E-state index in [4.69, 9.17) is 11.5 Å². The molecular formula is C7H6F2IN3O. The third-order valence-electron chi connectivity index (χ3n) is 1.53. The number of hydrogen-bond acceptors (Lipinski definition) is 3. The van der Waals surface area contributed by atoms with E-state index in [1.165, 1.54) is 0 Å². The van der Waals surface area contributed by atoms with Crippen LogP contribution in [0, 0.1) is 3.70 Å². The number of alkyl halides is 2. The molecule has 1 aromatic rings. The Balaban J connectivity index is 3.35. The minimum atomic E-state index is -2.75. The molecule has 0 fully saturated rings. The molecule has 0 atom stereocenters. The zero-order chi connectivity index (χ0) is 10.9. The van der Waals surface area contributed by atoms with E-state index in [1.54, 1.807) is 22.6 Å². The van der Waals surface area contributed by atoms with Crippen molar-refractivity contribution in [2.24, 2.45) is 5.73 Å². The number of anilines is 1. The van der Waals surface area contributed by atoms with Crippen LogP contribution in [0.4, 0.5) is 14.5 Å². The first-order chi connectivity index (χ1) is 6.43. The number of nitrogen functional groups attached to an aromatic ring is 1. The molecule has 0 saturated carbocycles. The SMILES string of the molecule is NC(=O)c1cc(C(F)F)c(N)c(I)n1. The van der Waals surface area contributed by atoms with E-state index < -0.39 is 17.9 Å². The molecule has 7 heteroatoms. The Morgan fingerprint density at radius 1 is 1.57 bits per heavy atom. The normalized spacial score (nSPS) is 10.6. The summed E-state index contributed by atoms with van der Waals surface area (Å²) in [5.41, 5.74) is 9.51. The van der Waals surface area contributed by atoms with E-state index >= 15 is 0 Å². The molecule has 0 aliphatic carbocycles. The highest BCUT2D eigenvalue weighted by Crippen LogP contribution is 2.28. The molecule has 1 rings (SSSR count). The molecule has 0 saturated heterocycles. The largest absolute Gasteiger partial charge is 0.396 e. The predicted octanol–water partition coefficient (Wildman–Crippen LogP) is 1.30. The maximum atomic E-state index is 12.4. The predicted molar refractivity (Wildman–Crippen MR) is 54.8 cm³/mol. The lowest BCUT2D eigenvalue weighted by atomic mass is 10.2. The van der Waals surface area contributed by atoms with E-state index in [0.717, 1.165) is 6.07 Å². The summed E-state index contributed by atoms with van der Waals surface area (Å²) in [5.74, 6) is -0.857. The quantitative estimate of drug-likeness (QED) is 0.638. The van der Waals surface area contributed by atoms with Crippen LogP contribution in [0.2, 0.25) is 0 Å². The second-order valence-electron chi connectivity index (χ2n) is 2.47. The Hall–Kier alpha value is -0.990. The van der Waals surface area contributed by atoms with Crippen molar-refractivity contribution in [3.05, 3.63) is 21.0 Å². The standard InChI is InChI=1S/C7H6F2IN3O/c8-5(9)2-1-3(7(12)14)13-6(10)4(2)11/h1,5H,11H2,(H2,12,14). The van der Waals surface area contributed by atoms with Crippen LogP contribution < -0.4 is 11.5 Å². The molecular weight excluding hydrogens is 307 g/mol. The fraction of sp³-hybridized carbons (Fsp3) is 0.143. The molecule has 0 aromatic carbocycles. The number of primary amides is 1. The average molecular weight is 313 g/mol. The third kappa shape index (κ3) is 2.08. The molecule has 0 unspecified atom stereocenters. The highest BCUT2D eigenvalue weighted by Gasteiger charge is 2.17. The van der Waals surface area contributed by atoms with Crippen molar-refractivity contribution in [1.29, 1.82) is 0 Å². The number of halogens is 3. The molecule has 0 bridgehead atoms. The van der Waals surface area contributed by atoms with Gasteiger partial charge in [0.1, 0.15) is 9.39 Å². The number of amides is 1. The smallest absolute Gasteiger partial charge is 0.267 e. The lowest BCUT2D eigenvalue weighted by Crippen LogP contribution is -2.15. The summed E-state index contributed by atoms with van der Waals surface area (Å²) in [7, 11) is 0. The van der Waals surface area contributed by atoms with Crippen LogP contribution >= 0.6 is 22.6 Å². The van der Waals surface area contributed by atoms with Crippen LogP contribution in [0.5, 0.6) is 0 Å². The zero-order valence-corrected chi connectivity index (χ0v) is 8.96. The minimum absolute atomic E-state index is 0.120. The van der Waals surface area contributed by atoms with Gasteiger partial charge in [0.25, 0.3) is 12.3 Å². The van der Waals surface area contributed by atoms with Gasteiger partial charge in [0.05, 0.1) is 5.69 Å². The first-order valence-electron chi connectivity index (χ1n) is 3.47. The molecule has 4 N–H and O–H groups in total. The van der Waals surface area contributed by atoms with Crippen molar-refractivity contribution in [2.75, 3.05) is 5.73 Å². The second-order valence-corrected chi connectivity index (χ2v) is 3.49. The Morgan fingerprint density at radius 2 is 2.14 bits per heavy atom. The van der Waals surface area contributed by atoms with Crippen molar-refractivity contribution in [1.82, 2.24) is 4.98 Å². The summed E-state index contributed by atoms with van der Waals surface area (Å²) in [6, 6.07) is 0.907. The van der Waals surface area contributed by atoms with Gasteiger partial charge in [-0.25, -0.2) is 13.8 Å². The molecule has 1 heterocycles. The topological polar surface area (TPSA) is 82.0 Å². The summed E-state index contributed by atoms with van der Waals surface area (Å²) in [6.45, 7) is 0. The Kier molecular flexibility index (Phi) is 3.19. The highest BCUT2D eigenvalue weighted by molar-refractivity contribution is 14.1. The van der Waals surface area contributed by atoms with Gasteiger partial charge in [-0.15, -0.1) is 0 Å². The summed E-state index contributed by atoms with van der Waals surface area (Å²) < 4.78 is 24.9. The van der Waals surface area contributed by atoms with Crippen molar-refractivity contribution in [2.45, 2.75) is 6.43 Å². The molecule has 0 aliphatic rings. The fourth-order valence-corrected chi connectivity index (χ4v) is 1.42. The van der Waals surface area contributed by atoms with Gasteiger partial charge in [0, 0.05) is 5.56 Å². The monoisotopic (exact) mass is 313 g/mol. The van der Waals surface area contributed by atoms with E-state index in [9.17, 15) is 13.6 Å². The number of carbonyl (C=O) groups is 1. The number of carbonyl (C=O) groups excluding carboxylic acids is 1. The maximum absolute atomic E-state index is 12.4. The van der Waals surface area contributed by atoms with Crippen molar-refractivity contribution in [3.63, 3.8) is 0 Å². The number of pyridine rings is 1. The Labute approximate surface area is 91.8 Å². The number of hydrogen-bond donors (Lipinski definition) is 2. The van der Waals surface area contributed by atoms with Gasteiger partial charge < -0.3 is 11.5 Å². The fourth-order valence-electron chi connectivity index (χ4n) is 0.849. The van der Waals surface area contributed by atoms with Gasteiger partial charge in [-0.1, -0.05) is 0 Å². The zero-order valence-electron chi connectivity index (χ0n) is 6.80. The van der Waals surface area contributed by atoms with Crippen LogP contribution in [0.1, 0.15) is 22.5 Å². The first kappa shape index (κ1) is 11.1. The Morgan fingerprint density at radius 3 is 2.57 bits per heavy atom. The van der Waals surface area contributed by atoms with Crippen molar-refractivity contribution >= 4 is 34.2 Å². The average Bonchev–Trinajstić information content (AvgIpc) is 2.08. The molecule has 1 amide bonds. The van der Waals surface area contributed by atoms with Gasteiger partial charge in [-0.3, -0.25) is 4.79 Å². The third-order valence-corrected chi connectivity index (χ3v) is 2.35. The molecule has 1 aromatic heterocycles. The number of nitrogens with two attached hydrogens (primary N) is 2. The summed E-state index contributed by atoms with van der Waals surface area (Å²) >= 11 is 1.67. The van der Waals surface area contributed by atoms with E-state index in [0.29, 0.717) is 0 Å². The van der Waals surface area contributed by atoms with Crippen LogP contribution in [-0.4, -0.2) is 10.9 Å². The van der Waals surface area contributed by atoms with Gasteiger partial charge >= 0.3 is 0 Å². The van der Waals surface area contributed by atoms with Crippen LogP contribution in [0.25, 0.3) is 0 Å². The van der Waals surface area contributed by atoms with Gasteiger partial charge in [0.15, 0.2) is 0 Å². The number of aromatic nitrogens is 1. The molecule has 0 aliphatic heterocycles. The molecule has 0 spiro atoms. The summed E-state index contributed by atoms with van der Waals surface area (Å²) in [4.78, 5) is 14.4. The lowest BCUT2D eigenvalue weighted by Gasteiger charge is -2.07. The van der Waals surface area contributed by atoms with Gasteiger partial charge in [0.2, 0.25) is 0 Å². The van der Waals surface area contributed by atoms with Crippen molar-refractivity contribution < 1.29 is 13.6 Å². The summed E-state index contributed by atoms with van der Waals surface area (Å²) in [6.07, 6.45) is -2.75. The second kappa shape index (κ2) is 4.03. The van der Waals surface area contributed by atoms with E-state index in [2.05, 4.69) is 4.98 Å². The molecule has 76 valence electrons. The van der Waals surface area contributed by atoms with Crippen LogP contribution in [0.3, 0.4) is 0 Å². The van der Waals surface area contributed by atoms with Crippen LogP contribution in [0.15, 0.2) is 6.07 Å².